The molecule has 1 aliphatic carbocycles. The summed E-state index contributed by atoms with van der Waals surface area (Å²) in [6, 6.07) is 19.7. The first-order chi connectivity index (χ1) is 14.7. The zero-order chi connectivity index (χ0) is 21.1. The molecule has 0 fully saturated rings. The van der Waals surface area contributed by atoms with Crippen LogP contribution < -0.4 is 15.7 Å². The van der Waals surface area contributed by atoms with E-state index in [-0.39, 0.29) is 5.97 Å². The lowest BCUT2D eigenvalue weighted by Gasteiger charge is -2.17. The number of anilines is 1. The van der Waals surface area contributed by atoms with Gasteiger partial charge in [-0.3, -0.25) is 0 Å². The highest BCUT2D eigenvalue weighted by Gasteiger charge is 2.22. The van der Waals surface area contributed by atoms with Crippen LogP contribution in [0.5, 0.6) is 0 Å². The molecule has 0 spiro atoms. The quantitative estimate of drug-likeness (QED) is 0.397. The molecule has 2 aliphatic rings. The van der Waals surface area contributed by atoms with Crippen molar-refractivity contribution in [3.63, 3.8) is 0 Å². The maximum absolute atomic E-state index is 12.5. The van der Waals surface area contributed by atoms with Gasteiger partial charge in [-0.25, -0.2) is 9.79 Å². The van der Waals surface area contributed by atoms with E-state index >= 15 is 0 Å². The summed E-state index contributed by atoms with van der Waals surface area (Å²) in [6.07, 6.45) is 0. The second-order valence-electron chi connectivity index (χ2n) is 7.00. The molecule has 0 bridgehead atoms. The Balaban J connectivity index is 2.11. The SMILES string of the molecule is CCNc1ccc2c(-c3ccccc3C(=O)OC)c3ccc(=[NH+]CC)cc-3oc2c1. The van der Waals surface area contributed by atoms with Gasteiger partial charge < -0.3 is 14.5 Å². The van der Waals surface area contributed by atoms with E-state index in [1.54, 1.807) is 6.07 Å². The Kier molecular flexibility index (Phi) is 5.53. The number of fused-ring (bicyclic) bond motifs is 2. The average molecular weight is 401 g/mol. The van der Waals surface area contributed by atoms with Gasteiger partial charge >= 0.3 is 5.97 Å². The van der Waals surface area contributed by atoms with Crippen LogP contribution in [0, 0.1) is 0 Å². The van der Waals surface area contributed by atoms with Crippen LogP contribution in [-0.2, 0) is 4.74 Å². The fourth-order valence-electron chi connectivity index (χ4n) is 3.80. The third-order valence-corrected chi connectivity index (χ3v) is 5.09. The summed E-state index contributed by atoms with van der Waals surface area (Å²) in [5, 5.41) is 5.26. The summed E-state index contributed by atoms with van der Waals surface area (Å²) in [5.74, 6) is 0.394. The van der Waals surface area contributed by atoms with Gasteiger partial charge in [-0.2, -0.15) is 0 Å². The topological polar surface area (TPSA) is 65.4 Å². The average Bonchev–Trinajstić information content (AvgIpc) is 2.77. The maximum Gasteiger partial charge on any atom is 0.338 e. The highest BCUT2D eigenvalue weighted by Crippen LogP contribution is 2.41. The number of rotatable bonds is 5. The molecule has 152 valence electrons. The van der Waals surface area contributed by atoms with Gasteiger partial charge in [0, 0.05) is 40.9 Å². The van der Waals surface area contributed by atoms with Gasteiger partial charge in [0.05, 0.1) is 18.7 Å². The van der Waals surface area contributed by atoms with Crippen molar-refractivity contribution in [1.29, 1.82) is 0 Å². The summed E-state index contributed by atoms with van der Waals surface area (Å²) >= 11 is 0. The summed E-state index contributed by atoms with van der Waals surface area (Å²) in [6.45, 7) is 5.76. The number of methoxy groups -OCH3 is 1. The standard InChI is InChI=1S/C25H24N2O3/c1-4-26-16-10-12-20-22(14-16)30-23-15-17(27-5-2)11-13-21(23)24(20)18-8-6-7-9-19(18)25(28)29-3/h6-15,26H,4-5H2,1-3H3/p+1. The third kappa shape index (κ3) is 3.54. The van der Waals surface area contributed by atoms with Crippen molar-refractivity contribution in [3.05, 3.63) is 71.6 Å². The first-order valence-corrected chi connectivity index (χ1v) is 10.1. The molecule has 1 heterocycles. The van der Waals surface area contributed by atoms with E-state index in [0.29, 0.717) is 5.56 Å². The normalized spacial score (nSPS) is 11.8. The largest absolute Gasteiger partial charge is 0.465 e. The van der Waals surface area contributed by atoms with E-state index in [0.717, 1.165) is 57.6 Å². The number of ether oxygens (including phenoxy) is 1. The Morgan fingerprint density at radius 2 is 1.87 bits per heavy atom. The van der Waals surface area contributed by atoms with E-state index in [9.17, 15) is 4.79 Å². The number of hydrogen-bond donors (Lipinski definition) is 2. The van der Waals surface area contributed by atoms with Crippen LogP contribution in [0.4, 0.5) is 5.69 Å². The van der Waals surface area contributed by atoms with Crippen molar-refractivity contribution >= 4 is 22.6 Å². The van der Waals surface area contributed by atoms with E-state index < -0.39 is 0 Å². The Morgan fingerprint density at radius 1 is 1.03 bits per heavy atom. The molecule has 2 aromatic rings. The number of carbonyl (C=O) groups is 1. The van der Waals surface area contributed by atoms with Crippen molar-refractivity contribution in [2.75, 3.05) is 25.5 Å². The van der Waals surface area contributed by atoms with Crippen LogP contribution in [0.3, 0.4) is 0 Å². The van der Waals surface area contributed by atoms with Gasteiger partial charge in [0.1, 0.15) is 17.9 Å². The molecule has 0 saturated heterocycles. The van der Waals surface area contributed by atoms with Gasteiger partial charge in [0.2, 0.25) is 5.36 Å². The number of carbonyl (C=O) groups excluding carboxylic acids is 1. The minimum Gasteiger partial charge on any atom is -0.465 e. The molecule has 2 N–H and O–H groups in total. The van der Waals surface area contributed by atoms with E-state index in [1.807, 2.05) is 54.6 Å². The Morgan fingerprint density at radius 3 is 2.63 bits per heavy atom. The predicted octanol–water partition coefficient (Wildman–Crippen LogP) is 3.42. The Bertz CT molecular complexity index is 1260. The zero-order valence-corrected chi connectivity index (χ0v) is 17.4. The number of benzene rings is 3. The summed E-state index contributed by atoms with van der Waals surface area (Å²) in [7, 11) is 1.40. The van der Waals surface area contributed by atoms with Gasteiger partial charge in [-0.05, 0) is 43.7 Å². The fourth-order valence-corrected chi connectivity index (χ4v) is 3.80. The lowest BCUT2D eigenvalue weighted by atomic mass is 9.90. The van der Waals surface area contributed by atoms with E-state index in [2.05, 4.69) is 24.2 Å². The molecule has 1 aliphatic heterocycles. The first kappa shape index (κ1) is 19.7. The van der Waals surface area contributed by atoms with Crippen LogP contribution in [0.2, 0.25) is 0 Å². The van der Waals surface area contributed by atoms with Gasteiger partial charge in [0.25, 0.3) is 0 Å². The van der Waals surface area contributed by atoms with Crippen LogP contribution in [0.25, 0.3) is 33.4 Å². The van der Waals surface area contributed by atoms with Crippen molar-refractivity contribution in [3.8, 4) is 22.5 Å². The summed E-state index contributed by atoms with van der Waals surface area (Å²) in [5.41, 5.74) is 4.99. The molecule has 5 heteroatoms. The van der Waals surface area contributed by atoms with Crippen LogP contribution in [0.15, 0.2) is 65.1 Å². The highest BCUT2D eigenvalue weighted by atomic mass is 16.5. The molecule has 0 aromatic heterocycles. The maximum atomic E-state index is 12.5. The van der Waals surface area contributed by atoms with Crippen molar-refractivity contribution in [1.82, 2.24) is 0 Å². The minimum absolute atomic E-state index is 0.360. The van der Waals surface area contributed by atoms with Gasteiger partial charge in [0.15, 0.2) is 0 Å². The first-order valence-electron chi connectivity index (χ1n) is 10.1. The zero-order valence-electron chi connectivity index (χ0n) is 17.4. The molecule has 5 nitrogen and oxygen atoms in total. The third-order valence-electron chi connectivity index (χ3n) is 5.09. The van der Waals surface area contributed by atoms with E-state index in [4.69, 9.17) is 9.15 Å². The lowest BCUT2D eigenvalue weighted by Crippen LogP contribution is -2.75. The smallest absolute Gasteiger partial charge is 0.338 e. The molecule has 0 atom stereocenters. The van der Waals surface area contributed by atoms with E-state index in [1.165, 1.54) is 7.11 Å². The molecule has 0 unspecified atom stereocenters. The predicted molar refractivity (Wildman–Crippen MR) is 118 cm³/mol. The molecule has 4 rings (SSSR count). The molecule has 30 heavy (non-hydrogen) atoms. The lowest BCUT2D eigenvalue weighted by molar-refractivity contribution is -0.496. The van der Waals surface area contributed by atoms with Crippen molar-refractivity contribution < 1.29 is 18.9 Å². The molecular weight excluding hydrogens is 376 g/mol. The number of nitrogens with one attached hydrogen (secondary N) is 2. The monoisotopic (exact) mass is 401 g/mol. The number of hydrogen-bond acceptors (Lipinski definition) is 4. The van der Waals surface area contributed by atoms with Crippen LogP contribution in [0.1, 0.15) is 24.2 Å². The van der Waals surface area contributed by atoms with Crippen LogP contribution in [-0.4, -0.2) is 26.2 Å². The minimum atomic E-state index is -0.360. The second-order valence-corrected chi connectivity index (χ2v) is 7.00. The molecule has 0 saturated carbocycles. The second kappa shape index (κ2) is 8.41. The van der Waals surface area contributed by atoms with Crippen molar-refractivity contribution in [2.24, 2.45) is 0 Å². The molecule has 0 amide bonds. The summed E-state index contributed by atoms with van der Waals surface area (Å²) < 4.78 is 11.4. The highest BCUT2D eigenvalue weighted by molar-refractivity contribution is 6.08. The molecular formula is C25H25N2O3+. The van der Waals surface area contributed by atoms with Crippen molar-refractivity contribution in [2.45, 2.75) is 13.8 Å². The summed E-state index contributed by atoms with van der Waals surface area (Å²) in [4.78, 5) is 15.8. The molecule has 0 radical (unpaired) electrons. The van der Waals surface area contributed by atoms with Gasteiger partial charge in [-0.1, -0.05) is 18.2 Å². The van der Waals surface area contributed by atoms with Gasteiger partial charge in [-0.15, -0.1) is 0 Å². The fraction of sp³-hybridized carbons (Fsp3) is 0.200. The Labute approximate surface area is 175 Å². The number of esters is 1. The molecule has 2 aromatic carbocycles. The Hall–Kier alpha value is -3.60. The van der Waals surface area contributed by atoms with Crippen LogP contribution >= 0.6 is 0 Å².